The Balaban J connectivity index is 1.53. The van der Waals surface area contributed by atoms with Gasteiger partial charge in [-0.15, -0.1) is 5.10 Å². The summed E-state index contributed by atoms with van der Waals surface area (Å²) in [6, 6.07) is 16.3. The van der Waals surface area contributed by atoms with E-state index in [-0.39, 0.29) is 16.7 Å². The van der Waals surface area contributed by atoms with Gasteiger partial charge in [0.1, 0.15) is 11.8 Å². The topological polar surface area (TPSA) is 102 Å². The lowest BCUT2D eigenvalue weighted by Gasteiger charge is -2.02. The molecule has 1 N–H and O–H groups in total. The van der Waals surface area contributed by atoms with Crippen molar-refractivity contribution >= 4 is 23.1 Å². The summed E-state index contributed by atoms with van der Waals surface area (Å²) in [5.41, 5.74) is 4.36. The first-order valence-corrected chi connectivity index (χ1v) is 8.47. The minimum atomic E-state index is -0.527. The number of nitrogens with one attached hydrogen (secondary N) is 1. The molecule has 1 amide bonds. The average molecular weight is 373 g/mol. The summed E-state index contributed by atoms with van der Waals surface area (Å²) < 4.78 is 6.97. The van der Waals surface area contributed by atoms with Crippen LogP contribution in [0.3, 0.4) is 0 Å². The quantitative estimate of drug-likeness (QED) is 0.437. The molecule has 0 bridgehead atoms. The molecule has 4 rings (SSSR count). The summed E-state index contributed by atoms with van der Waals surface area (Å²) in [7, 11) is 0. The molecule has 2 aromatic heterocycles. The number of amides is 1. The van der Waals surface area contributed by atoms with Crippen molar-refractivity contribution in [2.75, 3.05) is 0 Å². The monoisotopic (exact) mass is 373 g/mol. The molecule has 8 nitrogen and oxygen atoms in total. The fourth-order valence-electron chi connectivity index (χ4n) is 2.75. The van der Waals surface area contributed by atoms with Crippen molar-refractivity contribution < 1.29 is 9.21 Å². The van der Waals surface area contributed by atoms with E-state index < -0.39 is 5.91 Å². The summed E-state index contributed by atoms with van der Waals surface area (Å²) >= 11 is 0. The summed E-state index contributed by atoms with van der Waals surface area (Å²) in [4.78, 5) is 24.8. The SMILES string of the molecule is Cc1c(C(=O)NN=Cc2coc3ccccc3c2=O)nnn1-c1ccccc1. The van der Waals surface area contributed by atoms with Crippen LogP contribution in [-0.2, 0) is 0 Å². The standard InChI is InChI=1S/C20H15N5O3/c1-13-18(22-24-25(13)15-7-3-2-4-8-15)20(27)23-21-11-14-12-28-17-10-6-5-9-16(17)19(14)26/h2-12H,1H3,(H,23,27). The molecular weight excluding hydrogens is 358 g/mol. The average Bonchev–Trinajstić information content (AvgIpc) is 3.12. The molecule has 0 atom stereocenters. The number of aromatic nitrogens is 3. The van der Waals surface area contributed by atoms with E-state index in [1.54, 1.807) is 35.9 Å². The number of nitrogens with zero attached hydrogens (tertiary/aromatic N) is 4. The van der Waals surface area contributed by atoms with Gasteiger partial charge in [0.25, 0.3) is 5.91 Å². The molecule has 0 aliphatic rings. The van der Waals surface area contributed by atoms with Gasteiger partial charge >= 0.3 is 0 Å². The molecule has 138 valence electrons. The Kier molecular flexibility index (Phi) is 4.51. The molecule has 0 fully saturated rings. The molecule has 0 radical (unpaired) electrons. The van der Waals surface area contributed by atoms with Crippen molar-refractivity contribution in [2.45, 2.75) is 6.92 Å². The van der Waals surface area contributed by atoms with Gasteiger partial charge in [0, 0.05) is 0 Å². The van der Waals surface area contributed by atoms with Crippen LogP contribution in [0.25, 0.3) is 16.7 Å². The second kappa shape index (κ2) is 7.28. The van der Waals surface area contributed by atoms with Crippen LogP contribution in [0.1, 0.15) is 21.7 Å². The van der Waals surface area contributed by atoms with Gasteiger partial charge < -0.3 is 4.42 Å². The highest BCUT2D eigenvalue weighted by Gasteiger charge is 2.16. The first kappa shape index (κ1) is 17.3. The van der Waals surface area contributed by atoms with Crippen molar-refractivity contribution in [1.82, 2.24) is 20.4 Å². The minimum Gasteiger partial charge on any atom is -0.463 e. The molecule has 0 aliphatic carbocycles. The van der Waals surface area contributed by atoms with Crippen LogP contribution < -0.4 is 10.9 Å². The highest BCUT2D eigenvalue weighted by molar-refractivity contribution is 5.94. The van der Waals surface area contributed by atoms with Crippen LogP contribution in [-0.4, -0.2) is 27.1 Å². The maximum atomic E-state index is 12.4. The second-order valence-corrected chi connectivity index (χ2v) is 5.99. The van der Waals surface area contributed by atoms with Crippen molar-refractivity contribution in [3.63, 3.8) is 0 Å². The van der Waals surface area contributed by atoms with E-state index in [0.29, 0.717) is 16.7 Å². The van der Waals surface area contributed by atoms with Gasteiger partial charge in [-0.1, -0.05) is 35.5 Å². The van der Waals surface area contributed by atoms with E-state index in [9.17, 15) is 9.59 Å². The molecule has 0 spiro atoms. The van der Waals surface area contributed by atoms with Crippen LogP contribution in [0.5, 0.6) is 0 Å². The number of hydrazone groups is 1. The molecule has 0 aliphatic heterocycles. The van der Waals surface area contributed by atoms with Crippen LogP contribution in [0.4, 0.5) is 0 Å². The molecule has 4 aromatic rings. The van der Waals surface area contributed by atoms with E-state index in [1.807, 2.05) is 30.3 Å². The second-order valence-electron chi connectivity index (χ2n) is 5.99. The van der Waals surface area contributed by atoms with E-state index in [2.05, 4.69) is 20.8 Å². The Bertz CT molecular complexity index is 1240. The largest absolute Gasteiger partial charge is 0.463 e. The molecule has 2 aromatic carbocycles. The Labute approximate surface area is 159 Å². The normalized spacial score (nSPS) is 11.2. The fourth-order valence-corrected chi connectivity index (χ4v) is 2.75. The molecule has 0 saturated carbocycles. The van der Waals surface area contributed by atoms with Gasteiger partial charge in [-0.3, -0.25) is 9.59 Å². The lowest BCUT2D eigenvalue weighted by molar-refractivity contribution is 0.0949. The third-order valence-electron chi connectivity index (χ3n) is 4.19. The van der Waals surface area contributed by atoms with Gasteiger partial charge in [0.2, 0.25) is 5.43 Å². The Morgan fingerprint density at radius 2 is 1.89 bits per heavy atom. The smallest absolute Gasteiger partial charge is 0.293 e. The zero-order valence-corrected chi connectivity index (χ0v) is 14.9. The predicted octanol–water partition coefficient (Wildman–Crippen LogP) is 2.45. The maximum Gasteiger partial charge on any atom is 0.293 e. The Morgan fingerprint density at radius 1 is 1.14 bits per heavy atom. The van der Waals surface area contributed by atoms with Crippen LogP contribution >= 0.6 is 0 Å². The number of benzene rings is 2. The summed E-state index contributed by atoms with van der Waals surface area (Å²) in [5, 5.41) is 12.2. The van der Waals surface area contributed by atoms with E-state index >= 15 is 0 Å². The highest BCUT2D eigenvalue weighted by Crippen LogP contribution is 2.12. The Morgan fingerprint density at radius 3 is 2.71 bits per heavy atom. The lowest BCUT2D eigenvalue weighted by atomic mass is 10.2. The number of hydrogen-bond acceptors (Lipinski definition) is 6. The van der Waals surface area contributed by atoms with Gasteiger partial charge in [0.05, 0.1) is 28.5 Å². The number of carbonyl (C=O) groups excluding carboxylic acids is 1. The minimum absolute atomic E-state index is 0.145. The molecule has 8 heteroatoms. The zero-order valence-electron chi connectivity index (χ0n) is 14.9. The summed E-state index contributed by atoms with van der Waals surface area (Å²) in [6.07, 6.45) is 2.55. The van der Waals surface area contributed by atoms with Crippen molar-refractivity contribution in [3.05, 3.63) is 88.0 Å². The highest BCUT2D eigenvalue weighted by atomic mass is 16.3. The number of fused-ring (bicyclic) bond motifs is 1. The van der Waals surface area contributed by atoms with Gasteiger partial charge in [-0.05, 0) is 31.2 Å². The Hall–Kier alpha value is -4.07. The van der Waals surface area contributed by atoms with Crippen molar-refractivity contribution in [1.29, 1.82) is 0 Å². The van der Waals surface area contributed by atoms with Crippen molar-refractivity contribution in [3.8, 4) is 5.69 Å². The van der Waals surface area contributed by atoms with E-state index in [4.69, 9.17) is 4.42 Å². The first-order chi connectivity index (χ1) is 13.6. The van der Waals surface area contributed by atoms with Gasteiger partial charge in [-0.25, -0.2) is 10.1 Å². The van der Waals surface area contributed by atoms with Crippen LogP contribution in [0.2, 0.25) is 0 Å². The third-order valence-corrected chi connectivity index (χ3v) is 4.19. The number of para-hydroxylation sites is 2. The number of carbonyl (C=O) groups is 1. The molecule has 0 saturated heterocycles. The van der Waals surface area contributed by atoms with Crippen molar-refractivity contribution in [2.24, 2.45) is 5.10 Å². The van der Waals surface area contributed by atoms with Gasteiger partial charge in [0.15, 0.2) is 5.69 Å². The third kappa shape index (κ3) is 3.18. The maximum absolute atomic E-state index is 12.4. The molecular formula is C20H15N5O3. The van der Waals surface area contributed by atoms with E-state index in [1.165, 1.54) is 12.5 Å². The van der Waals surface area contributed by atoms with E-state index in [0.717, 1.165) is 5.69 Å². The zero-order chi connectivity index (χ0) is 19.5. The summed E-state index contributed by atoms with van der Waals surface area (Å²) in [5.74, 6) is -0.527. The molecule has 0 unspecified atom stereocenters. The lowest BCUT2D eigenvalue weighted by Crippen LogP contribution is -2.20. The van der Waals surface area contributed by atoms with Crippen LogP contribution in [0.15, 0.2) is 75.2 Å². The van der Waals surface area contributed by atoms with Gasteiger partial charge in [-0.2, -0.15) is 5.10 Å². The predicted molar refractivity (Wildman–Crippen MR) is 104 cm³/mol. The number of hydrogen-bond donors (Lipinski definition) is 1. The van der Waals surface area contributed by atoms with Crippen LogP contribution in [0, 0.1) is 6.92 Å². The summed E-state index contributed by atoms with van der Waals surface area (Å²) in [6.45, 7) is 1.74. The molecule has 28 heavy (non-hydrogen) atoms. The molecule has 2 heterocycles. The first-order valence-electron chi connectivity index (χ1n) is 8.47. The fraction of sp³-hybridized carbons (Fsp3) is 0.0500. The number of rotatable bonds is 4.